The molecule has 0 spiro atoms. The van der Waals surface area contributed by atoms with Crippen molar-refractivity contribution in [2.45, 2.75) is 0 Å². The predicted octanol–water partition coefficient (Wildman–Crippen LogP) is -8.32. The summed E-state index contributed by atoms with van der Waals surface area (Å²) in [5.74, 6) is 0. The maximum Gasteiger partial charge on any atom is 1.00 e. The number of carbonyl (C=O) groups is 1. The van der Waals surface area contributed by atoms with Gasteiger partial charge in [-0.3, -0.25) is 0 Å². The van der Waals surface area contributed by atoms with E-state index in [1.165, 1.54) is 0 Å². The summed E-state index contributed by atoms with van der Waals surface area (Å²) in [6, 6.07) is 0. The Morgan fingerprint density at radius 2 is 0.929 bits per heavy atom. The van der Waals surface area contributed by atoms with E-state index in [0.717, 1.165) is 0 Å². The van der Waals surface area contributed by atoms with Crippen molar-refractivity contribution in [2.75, 3.05) is 0 Å². The van der Waals surface area contributed by atoms with E-state index in [0.29, 0.717) is 0 Å². The van der Waals surface area contributed by atoms with Crippen LogP contribution in [0.1, 0.15) is 0 Å². The second kappa shape index (κ2) is 10.9. The summed E-state index contributed by atoms with van der Waals surface area (Å²) in [6.45, 7) is 2.00. The Kier molecular flexibility index (Phi) is 19.2. The van der Waals surface area contributed by atoms with E-state index in [4.69, 9.17) is 4.79 Å². The first-order valence-electron chi connectivity index (χ1n) is 1.79. The number of rotatable bonds is 3. The summed E-state index contributed by atoms with van der Waals surface area (Å²) in [4.78, 5) is 8.00. The van der Waals surface area contributed by atoms with E-state index in [2.05, 4.69) is 8.67 Å². The van der Waals surface area contributed by atoms with E-state index in [9.17, 15) is 25.9 Å². The number of hydrogen-bond acceptors (Lipinski definition) is 9. The van der Waals surface area contributed by atoms with Gasteiger partial charge in [0.2, 0.25) is 20.8 Å². The molecule has 13 heteroatoms. The molecular formula is CH2Na2O9S2. The third-order valence-electron chi connectivity index (χ3n) is 0.194. The van der Waals surface area contributed by atoms with Crippen molar-refractivity contribution in [1.29, 1.82) is 0 Å². The van der Waals surface area contributed by atoms with Gasteiger partial charge in [-0.05, 0) is 0 Å². The van der Waals surface area contributed by atoms with Crippen LogP contribution in [0.3, 0.4) is 0 Å². The van der Waals surface area contributed by atoms with Crippen molar-refractivity contribution in [3.63, 3.8) is 0 Å². The van der Waals surface area contributed by atoms with Crippen molar-refractivity contribution in [2.24, 2.45) is 0 Å². The van der Waals surface area contributed by atoms with Crippen LogP contribution in [0.5, 0.6) is 0 Å². The molecule has 0 atom stereocenters. The molecular weight excluding hydrogens is 266 g/mol. The number of hydrogen-bond donors (Lipinski definition) is 0. The number of carbonyl (C=O) groups excluding carboxylic acids is 1. The fraction of sp³-hybridized carbons (Fsp3) is 0. The van der Waals surface area contributed by atoms with Gasteiger partial charge in [-0.1, -0.05) is 0 Å². The van der Waals surface area contributed by atoms with Gasteiger partial charge >= 0.3 is 59.1 Å². The molecule has 9 nitrogen and oxygen atoms in total. The third kappa shape index (κ3) is 29.2. The SMILES string of the molecule is C=O.O=S(=O)([O-])OOS(=O)(=O)[O-].[Na+].[Na+]. The van der Waals surface area contributed by atoms with Crippen LogP contribution in [0.25, 0.3) is 0 Å². The Balaban J connectivity index is -0.000000117. The van der Waals surface area contributed by atoms with Gasteiger partial charge in [-0.2, -0.15) is 0 Å². The molecule has 0 aliphatic heterocycles. The first-order chi connectivity index (χ1) is 5.21. The van der Waals surface area contributed by atoms with Crippen LogP contribution in [0, 0.1) is 0 Å². The van der Waals surface area contributed by atoms with Crippen molar-refractivity contribution in [3.05, 3.63) is 0 Å². The molecule has 0 unspecified atom stereocenters. The molecule has 74 valence electrons. The van der Waals surface area contributed by atoms with Crippen LogP contribution in [0.15, 0.2) is 0 Å². The average molecular weight is 268 g/mol. The maximum atomic E-state index is 9.37. The molecule has 0 bridgehead atoms. The Morgan fingerprint density at radius 1 is 0.786 bits per heavy atom. The van der Waals surface area contributed by atoms with E-state index in [1.54, 1.807) is 0 Å². The van der Waals surface area contributed by atoms with Crippen molar-refractivity contribution in [1.82, 2.24) is 0 Å². The van der Waals surface area contributed by atoms with Crippen LogP contribution in [0.4, 0.5) is 0 Å². The summed E-state index contributed by atoms with van der Waals surface area (Å²) in [5, 5.41) is 0. The normalized spacial score (nSPS) is 9.86. The van der Waals surface area contributed by atoms with E-state index >= 15 is 0 Å². The van der Waals surface area contributed by atoms with Gasteiger partial charge in [0.15, 0.2) is 0 Å². The van der Waals surface area contributed by atoms with E-state index in [1.807, 2.05) is 6.79 Å². The Hall–Kier alpha value is 1.41. The first kappa shape index (κ1) is 24.6. The minimum Gasteiger partial charge on any atom is -0.724 e. The molecule has 0 aliphatic rings. The summed E-state index contributed by atoms with van der Waals surface area (Å²) in [5.41, 5.74) is 0. The van der Waals surface area contributed by atoms with Gasteiger partial charge in [-0.25, -0.2) is 16.8 Å². The first-order valence-corrected chi connectivity index (χ1v) is 4.46. The molecule has 0 heterocycles. The molecule has 0 saturated carbocycles. The van der Waals surface area contributed by atoms with Crippen molar-refractivity contribution >= 4 is 27.6 Å². The minimum absolute atomic E-state index is 0. The third-order valence-corrected chi connectivity index (χ3v) is 0.750. The molecule has 0 amide bonds. The monoisotopic (exact) mass is 268 g/mol. The molecule has 0 aromatic heterocycles. The van der Waals surface area contributed by atoms with Gasteiger partial charge in [0, 0.05) is 0 Å². The summed E-state index contributed by atoms with van der Waals surface area (Å²) in [7, 11) is -10.6. The molecule has 0 aliphatic carbocycles. The summed E-state index contributed by atoms with van der Waals surface area (Å²) in [6.07, 6.45) is 0. The quantitative estimate of drug-likeness (QED) is 0.160. The zero-order valence-electron chi connectivity index (χ0n) is 7.20. The summed E-state index contributed by atoms with van der Waals surface area (Å²) >= 11 is 0. The fourth-order valence-corrected chi connectivity index (χ4v) is 0.612. The zero-order chi connectivity index (χ0) is 10.4. The van der Waals surface area contributed by atoms with Crippen LogP contribution in [-0.2, 0) is 34.3 Å². The van der Waals surface area contributed by atoms with Gasteiger partial charge in [-0.15, -0.1) is 8.67 Å². The van der Waals surface area contributed by atoms with Crippen LogP contribution in [-0.4, -0.2) is 32.7 Å². The second-order valence-corrected chi connectivity index (χ2v) is 2.86. The molecule has 0 aromatic carbocycles. The molecule has 0 fully saturated rings. The summed E-state index contributed by atoms with van der Waals surface area (Å²) < 4.78 is 61.5. The second-order valence-electron chi connectivity index (χ2n) is 0.953. The van der Waals surface area contributed by atoms with E-state index < -0.39 is 20.8 Å². The largest absolute Gasteiger partial charge is 1.00 e. The molecule has 0 radical (unpaired) electrons. The topological polar surface area (TPSA) is 150 Å². The maximum absolute atomic E-state index is 9.37. The standard InChI is InChI=1S/CH2O.2Na.H2O8S2/c1-2;;;1-9(2,3)7-8-10(4,5)6/h1H2;;;(H,1,2,3)(H,4,5,6)/q;2*+1;/p-2. The molecule has 14 heavy (non-hydrogen) atoms. The average Bonchev–Trinajstić information content (AvgIpc) is 1.86. The van der Waals surface area contributed by atoms with Gasteiger partial charge < -0.3 is 13.9 Å². The van der Waals surface area contributed by atoms with Crippen LogP contribution >= 0.6 is 0 Å². The Labute approximate surface area is 125 Å². The fourth-order valence-electron chi connectivity index (χ4n) is 0.0680. The Morgan fingerprint density at radius 3 is 1.00 bits per heavy atom. The van der Waals surface area contributed by atoms with Crippen molar-refractivity contribution < 1.29 is 98.5 Å². The van der Waals surface area contributed by atoms with Crippen LogP contribution in [0.2, 0.25) is 0 Å². The Bertz CT molecular complexity index is 270. The zero-order valence-corrected chi connectivity index (χ0v) is 12.8. The van der Waals surface area contributed by atoms with Gasteiger partial charge in [0.25, 0.3) is 0 Å². The molecule has 0 aromatic rings. The van der Waals surface area contributed by atoms with Crippen molar-refractivity contribution in [3.8, 4) is 0 Å². The van der Waals surface area contributed by atoms with E-state index in [-0.39, 0.29) is 59.1 Å². The van der Waals surface area contributed by atoms with Crippen LogP contribution < -0.4 is 59.1 Å². The van der Waals surface area contributed by atoms with Gasteiger partial charge in [0.05, 0.1) is 0 Å². The molecule has 0 N–H and O–H groups in total. The van der Waals surface area contributed by atoms with Gasteiger partial charge in [0.1, 0.15) is 6.79 Å². The molecule has 0 rings (SSSR count). The minimum atomic E-state index is -5.31. The smallest absolute Gasteiger partial charge is 0.724 e. The molecule has 0 saturated heterocycles. The predicted molar refractivity (Wildman–Crippen MR) is 28.7 cm³/mol.